The van der Waals surface area contributed by atoms with Crippen LogP contribution in [0.3, 0.4) is 0 Å². The van der Waals surface area contributed by atoms with E-state index in [0.717, 1.165) is 17.7 Å². The molecule has 8 nitrogen and oxygen atoms in total. The minimum absolute atomic E-state index is 0.0484. The highest BCUT2D eigenvalue weighted by Gasteiger charge is 2.46. The van der Waals surface area contributed by atoms with Crippen LogP contribution in [0.25, 0.3) is 5.76 Å². The summed E-state index contributed by atoms with van der Waals surface area (Å²) < 4.78 is 17.7. The van der Waals surface area contributed by atoms with Crippen molar-refractivity contribution in [3.8, 4) is 17.2 Å². The molecule has 1 saturated heterocycles. The third-order valence-corrected chi connectivity index (χ3v) is 7.03. The molecule has 1 amide bonds. The van der Waals surface area contributed by atoms with E-state index in [0.29, 0.717) is 61.3 Å². The summed E-state index contributed by atoms with van der Waals surface area (Å²) in [6.07, 6.45) is 1.67. The molecular formula is C31H40N2O6. The second-order valence-corrected chi connectivity index (χ2v) is 10.9. The van der Waals surface area contributed by atoms with Gasteiger partial charge in [0.25, 0.3) is 11.7 Å². The van der Waals surface area contributed by atoms with Crippen LogP contribution in [0.2, 0.25) is 0 Å². The number of ether oxygens (including phenoxy) is 3. The van der Waals surface area contributed by atoms with Crippen molar-refractivity contribution in [2.24, 2.45) is 5.92 Å². The van der Waals surface area contributed by atoms with Crippen LogP contribution in [0.4, 0.5) is 0 Å². The van der Waals surface area contributed by atoms with Crippen LogP contribution >= 0.6 is 0 Å². The molecular weight excluding hydrogens is 496 g/mol. The second-order valence-electron chi connectivity index (χ2n) is 10.9. The molecule has 0 saturated carbocycles. The zero-order valence-corrected chi connectivity index (χ0v) is 23.8. The summed E-state index contributed by atoms with van der Waals surface area (Å²) >= 11 is 0. The Labute approximate surface area is 231 Å². The van der Waals surface area contributed by atoms with Crippen molar-refractivity contribution in [1.82, 2.24) is 9.80 Å². The van der Waals surface area contributed by atoms with Crippen LogP contribution in [-0.2, 0) is 16.0 Å². The van der Waals surface area contributed by atoms with Gasteiger partial charge in [-0.15, -0.1) is 0 Å². The molecule has 39 heavy (non-hydrogen) atoms. The number of hydrogen-bond donors (Lipinski definition) is 1. The Morgan fingerprint density at radius 2 is 1.90 bits per heavy atom. The number of carbonyl (C=O) groups excluding carboxylic acids is 2. The number of aliphatic hydroxyl groups excluding tert-OH is 1. The number of carbonyl (C=O) groups is 2. The van der Waals surface area contributed by atoms with Crippen molar-refractivity contribution in [1.29, 1.82) is 0 Å². The summed E-state index contributed by atoms with van der Waals surface area (Å²) in [5, 5.41) is 11.5. The smallest absolute Gasteiger partial charge is 0.295 e. The molecule has 4 rings (SSSR count). The summed E-state index contributed by atoms with van der Waals surface area (Å²) in [6, 6.07) is 10.1. The predicted octanol–water partition coefficient (Wildman–Crippen LogP) is 4.82. The fraction of sp³-hybridized carbons (Fsp3) is 0.484. The van der Waals surface area contributed by atoms with Crippen LogP contribution in [-0.4, -0.2) is 73.1 Å². The highest BCUT2D eigenvalue weighted by atomic mass is 16.5. The fourth-order valence-electron chi connectivity index (χ4n) is 4.98. The molecule has 2 aromatic carbocycles. The van der Waals surface area contributed by atoms with E-state index in [-0.39, 0.29) is 17.4 Å². The van der Waals surface area contributed by atoms with E-state index in [4.69, 9.17) is 14.2 Å². The molecule has 0 unspecified atom stereocenters. The lowest BCUT2D eigenvalue weighted by Gasteiger charge is -2.27. The third kappa shape index (κ3) is 6.22. The average Bonchev–Trinajstić information content (AvgIpc) is 3.38. The van der Waals surface area contributed by atoms with Gasteiger partial charge in [0.1, 0.15) is 17.6 Å². The standard InChI is InChI=1S/C31H40N2O6/c1-7-37-26-18-21(8-11-25(26)38-15-12-19(2)3)28-27(30(35)31(36)33(28)14-13-32(5)6)29(34)22-9-10-24-23(17-22)16-20(4)39-24/h8-11,17-20,28,34H,7,12-16H2,1-6H3/b29-27+/t20-,28-/m0/s1. The number of nitrogens with zero attached hydrogens (tertiary/aromatic N) is 2. The Balaban J connectivity index is 1.78. The number of ketones is 1. The number of likely N-dealkylation sites (N-methyl/N-ethyl adjacent to an activating group) is 1. The van der Waals surface area contributed by atoms with Crippen molar-refractivity contribution in [2.45, 2.75) is 52.7 Å². The quantitative estimate of drug-likeness (QED) is 0.250. The molecule has 0 aliphatic carbocycles. The second kappa shape index (κ2) is 12.1. The van der Waals surface area contributed by atoms with Crippen LogP contribution in [0.1, 0.15) is 56.8 Å². The Bertz CT molecular complexity index is 1250. The van der Waals surface area contributed by atoms with Gasteiger partial charge >= 0.3 is 0 Å². The van der Waals surface area contributed by atoms with Gasteiger partial charge in [-0.1, -0.05) is 19.9 Å². The normalized spacial score (nSPS) is 20.1. The number of hydrogen-bond acceptors (Lipinski definition) is 7. The Hall–Kier alpha value is -3.52. The van der Waals surface area contributed by atoms with Crippen LogP contribution in [0.5, 0.6) is 17.2 Å². The minimum atomic E-state index is -0.766. The average molecular weight is 537 g/mol. The SMILES string of the molecule is CCOc1cc([C@H]2/C(=C(\O)c3ccc4c(c3)C[C@H](C)O4)C(=O)C(=O)N2CCN(C)C)ccc1OCCC(C)C. The van der Waals surface area contributed by atoms with Crippen LogP contribution < -0.4 is 14.2 Å². The van der Waals surface area contributed by atoms with Crippen molar-refractivity contribution >= 4 is 17.4 Å². The first kappa shape index (κ1) is 28.5. The lowest BCUT2D eigenvalue weighted by molar-refractivity contribution is -0.140. The van der Waals surface area contributed by atoms with Crippen molar-refractivity contribution in [3.05, 3.63) is 58.7 Å². The van der Waals surface area contributed by atoms with Gasteiger partial charge in [-0.2, -0.15) is 0 Å². The summed E-state index contributed by atoms with van der Waals surface area (Å²) in [7, 11) is 3.82. The van der Waals surface area contributed by atoms with Crippen LogP contribution in [0, 0.1) is 5.92 Å². The van der Waals surface area contributed by atoms with Gasteiger partial charge in [-0.25, -0.2) is 0 Å². The number of rotatable bonds is 11. The van der Waals surface area contributed by atoms with E-state index in [2.05, 4.69) is 13.8 Å². The highest BCUT2D eigenvalue weighted by Crippen LogP contribution is 2.42. The van der Waals surface area contributed by atoms with Gasteiger partial charge in [0.15, 0.2) is 11.5 Å². The molecule has 2 aliphatic heterocycles. The van der Waals surface area contributed by atoms with Crippen LogP contribution in [0.15, 0.2) is 42.0 Å². The topological polar surface area (TPSA) is 88.5 Å². The summed E-state index contributed by atoms with van der Waals surface area (Å²) in [6.45, 7) is 10.0. The third-order valence-electron chi connectivity index (χ3n) is 7.03. The van der Waals surface area contributed by atoms with Crippen molar-refractivity contribution < 1.29 is 28.9 Å². The van der Waals surface area contributed by atoms with Gasteiger partial charge in [-0.05, 0) is 81.7 Å². The number of aliphatic hydroxyl groups is 1. The van der Waals surface area contributed by atoms with Gasteiger partial charge in [0, 0.05) is 25.1 Å². The molecule has 2 heterocycles. The molecule has 2 atom stereocenters. The van der Waals surface area contributed by atoms with E-state index in [1.165, 1.54) is 4.90 Å². The first-order valence-electron chi connectivity index (χ1n) is 13.7. The maximum absolute atomic E-state index is 13.4. The molecule has 1 N–H and O–H groups in total. The lowest BCUT2D eigenvalue weighted by Crippen LogP contribution is -2.35. The molecule has 210 valence electrons. The van der Waals surface area contributed by atoms with Gasteiger partial charge in [-0.3, -0.25) is 9.59 Å². The largest absolute Gasteiger partial charge is 0.507 e. The fourth-order valence-corrected chi connectivity index (χ4v) is 4.98. The molecule has 0 spiro atoms. The Kier molecular flexibility index (Phi) is 8.85. The van der Waals surface area contributed by atoms with E-state index in [1.54, 1.807) is 6.07 Å². The van der Waals surface area contributed by atoms with Gasteiger partial charge in [0.05, 0.1) is 24.8 Å². The number of benzene rings is 2. The maximum Gasteiger partial charge on any atom is 0.295 e. The number of Topliss-reactive ketones (excluding diaryl/α,β-unsaturated/α-hetero) is 1. The molecule has 2 aromatic rings. The minimum Gasteiger partial charge on any atom is -0.507 e. The molecule has 0 radical (unpaired) electrons. The molecule has 0 aromatic heterocycles. The van der Waals surface area contributed by atoms with E-state index in [1.807, 2.05) is 63.2 Å². The maximum atomic E-state index is 13.4. The summed E-state index contributed by atoms with van der Waals surface area (Å²) in [4.78, 5) is 30.2. The van der Waals surface area contributed by atoms with Crippen molar-refractivity contribution in [2.75, 3.05) is 40.4 Å². The zero-order chi connectivity index (χ0) is 28.3. The zero-order valence-electron chi connectivity index (χ0n) is 23.8. The summed E-state index contributed by atoms with van der Waals surface area (Å²) in [5.41, 5.74) is 2.20. The molecule has 8 heteroatoms. The number of amides is 1. The molecule has 1 fully saturated rings. The molecule has 2 aliphatic rings. The van der Waals surface area contributed by atoms with Gasteiger partial charge < -0.3 is 29.1 Å². The highest BCUT2D eigenvalue weighted by molar-refractivity contribution is 6.46. The monoisotopic (exact) mass is 536 g/mol. The Morgan fingerprint density at radius 3 is 2.59 bits per heavy atom. The number of fused-ring (bicyclic) bond motifs is 1. The first-order valence-corrected chi connectivity index (χ1v) is 13.7. The Morgan fingerprint density at radius 1 is 1.13 bits per heavy atom. The summed E-state index contributed by atoms with van der Waals surface area (Å²) in [5.74, 6) is 0.915. The van der Waals surface area contributed by atoms with Gasteiger partial charge in [0.2, 0.25) is 0 Å². The van der Waals surface area contributed by atoms with E-state index < -0.39 is 17.7 Å². The predicted molar refractivity (Wildman–Crippen MR) is 150 cm³/mol. The molecule has 0 bridgehead atoms. The first-order chi connectivity index (χ1) is 18.6. The number of likely N-dealkylation sites (tertiary alicyclic amines) is 1. The van der Waals surface area contributed by atoms with E-state index >= 15 is 0 Å². The lowest BCUT2D eigenvalue weighted by atomic mass is 9.94. The van der Waals surface area contributed by atoms with Crippen molar-refractivity contribution in [3.63, 3.8) is 0 Å². The van der Waals surface area contributed by atoms with E-state index in [9.17, 15) is 14.7 Å².